The van der Waals surface area contributed by atoms with Gasteiger partial charge >= 0.3 is 0 Å². The third kappa shape index (κ3) is 5.95. The molecule has 0 unspecified atom stereocenters. The van der Waals surface area contributed by atoms with Crippen molar-refractivity contribution in [1.29, 1.82) is 0 Å². The second-order valence-electron chi connectivity index (χ2n) is 8.87. The first-order valence-electron chi connectivity index (χ1n) is 12.1. The van der Waals surface area contributed by atoms with E-state index >= 15 is 0 Å². The van der Waals surface area contributed by atoms with Crippen molar-refractivity contribution in [2.75, 3.05) is 52.5 Å². The number of carbonyl (C=O) groups is 1. The zero-order valence-corrected chi connectivity index (χ0v) is 22.9. The van der Waals surface area contributed by atoms with Crippen LogP contribution in [0.4, 0.5) is 5.82 Å². The van der Waals surface area contributed by atoms with Gasteiger partial charge in [-0.3, -0.25) is 4.79 Å². The van der Waals surface area contributed by atoms with Crippen LogP contribution in [0.2, 0.25) is 0 Å². The topological polar surface area (TPSA) is 127 Å². The number of likely N-dealkylation sites (tertiary alicyclic amines) is 1. The Labute approximate surface area is 227 Å². The fourth-order valence-electron chi connectivity index (χ4n) is 4.46. The number of halogens is 1. The predicted molar refractivity (Wildman–Crippen MR) is 141 cm³/mol. The maximum absolute atomic E-state index is 12.4. The summed E-state index contributed by atoms with van der Waals surface area (Å²) in [7, 11) is 1.61. The number of imidazole rings is 1. The average Bonchev–Trinajstić information content (AvgIpc) is 3.50. The van der Waals surface area contributed by atoms with Crippen molar-refractivity contribution in [2.24, 2.45) is 5.92 Å². The molecule has 5 rings (SSSR count). The van der Waals surface area contributed by atoms with E-state index < -0.39 is 0 Å². The Balaban J connectivity index is 1.25. The quantitative estimate of drug-likeness (QED) is 0.350. The zero-order chi connectivity index (χ0) is 25.8. The normalized spacial score (nSPS) is 15.6. The Morgan fingerprint density at radius 1 is 1.22 bits per heavy atom. The van der Waals surface area contributed by atoms with E-state index in [1.165, 1.54) is 18.1 Å². The van der Waals surface area contributed by atoms with Gasteiger partial charge in [0.15, 0.2) is 33.6 Å². The van der Waals surface area contributed by atoms with Crippen LogP contribution >= 0.6 is 27.7 Å². The van der Waals surface area contributed by atoms with E-state index in [0.717, 1.165) is 53.4 Å². The van der Waals surface area contributed by atoms with E-state index in [0.29, 0.717) is 47.6 Å². The molecule has 0 atom stereocenters. The molecule has 1 saturated heterocycles. The number of nitrogen functional groups attached to an aromatic ring is 1. The molecule has 2 aliphatic rings. The maximum Gasteiger partial charge on any atom is 0.248 e. The summed E-state index contributed by atoms with van der Waals surface area (Å²) in [6.45, 7) is 3.44. The summed E-state index contributed by atoms with van der Waals surface area (Å²) < 4.78 is 24.4. The Morgan fingerprint density at radius 2 is 2.00 bits per heavy atom. The third-order valence-corrected chi connectivity index (χ3v) is 8.51. The van der Waals surface area contributed by atoms with Crippen LogP contribution in [-0.4, -0.2) is 77.1 Å². The van der Waals surface area contributed by atoms with Gasteiger partial charge in [0, 0.05) is 36.1 Å². The number of hydrogen-bond acceptors (Lipinski definition) is 10. The smallest absolute Gasteiger partial charge is 0.248 e. The highest BCUT2D eigenvalue weighted by Crippen LogP contribution is 2.43. The number of ether oxygens (including phenoxy) is 4. The van der Waals surface area contributed by atoms with Crippen LogP contribution < -0.4 is 15.2 Å². The van der Waals surface area contributed by atoms with Gasteiger partial charge in [0.1, 0.15) is 12.9 Å². The largest absolute Gasteiger partial charge is 0.454 e. The number of aryl methyl sites for hydroxylation is 1. The molecule has 0 radical (unpaired) electrons. The Hall–Kier alpha value is -2.61. The highest BCUT2D eigenvalue weighted by molar-refractivity contribution is 9.10. The summed E-state index contributed by atoms with van der Waals surface area (Å²) in [6, 6.07) is 3.85. The molecule has 37 heavy (non-hydrogen) atoms. The SMILES string of the molecule is COCCOCC(=O)N1CCC(CCn2c(Sc3cc4c(cc3Br)OCO4)nc3c(N)ncnc32)CC1. The van der Waals surface area contributed by atoms with Gasteiger partial charge in [-0.1, -0.05) is 11.8 Å². The molecular weight excluding hydrogens is 564 g/mol. The first kappa shape index (κ1) is 26.0. The lowest BCUT2D eigenvalue weighted by molar-refractivity contribution is -0.138. The minimum absolute atomic E-state index is 0.0373. The number of amides is 1. The van der Waals surface area contributed by atoms with Gasteiger partial charge in [-0.15, -0.1) is 0 Å². The van der Waals surface area contributed by atoms with Crippen LogP contribution in [-0.2, 0) is 20.8 Å². The van der Waals surface area contributed by atoms with Crippen LogP contribution in [0.15, 0.2) is 33.0 Å². The highest BCUT2D eigenvalue weighted by Gasteiger charge is 2.25. The minimum Gasteiger partial charge on any atom is -0.454 e. The number of fused-ring (bicyclic) bond motifs is 2. The lowest BCUT2D eigenvalue weighted by atomic mass is 9.93. The molecule has 198 valence electrons. The number of carbonyl (C=O) groups excluding carboxylic acids is 1. The summed E-state index contributed by atoms with van der Waals surface area (Å²) in [5.41, 5.74) is 7.44. The van der Waals surface area contributed by atoms with E-state index in [1.807, 2.05) is 17.0 Å². The molecule has 2 aliphatic heterocycles. The Bertz CT molecular complexity index is 1270. The minimum atomic E-state index is 0.0373. The Kier molecular flexibility index (Phi) is 8.33. The second-order valence-corrected chi connectivity index (χ2v) is 10.7. The molecule has 1 aromatic carbocycles. The van der Waals surface area contributed by atoms with Crippen molar-refractivity contribution in [3.63, 3.8) is 0 Å². The number of nitrogens with zero attached hydrogens (tertiary/aromatic N) is 5. The number of piperidine rings is 1. The standard InChI is InChI=1S/C24H29BrN6O5S/c1-33-8-9-34-12-20(32)30-5-2-15(3-6-30)4-7-31-23-21(22(26)27-13-28-23)29-24(31)37-19-11-18-17(10-16(19)25)35-14-36-18/h10-11,13,15H,2-9,12,14H2,1H3,(H2,26,27,28). The lowest BCUT2D eigenvalue weighted by Crippen LogP contribution is -2.40. The average molecular weight is 594 g/mol. The molecule has 0 aliphatic carbocycles. The summed E-state index contributed by atoms with van der Waals surface area (Å²) in [5.74, 6) is 2.31. The van der Waals surface area contributed by atoms with Crippen LogP contribution in [0.3, 0.4) is 0 Å². The summed E-state index contributed by atoms with van der Waals surface area (Å²) in [4.78, 5) is 28.6. The van der Waals surface area contributed by atoms with Gasteiger partial charge < -0.3 is 34.1 Å². The number of anilines is 1. The third-order valence-electron chi connectivity index (χ3n) is 6.54. The lowest BCUT2D eigenvalue weighted by Gasteiger charge is -2.32. The molecular formula is C24H29BrN6O5S. The highest BCUT2D eigenvalue weighted by atomic mass is 79.9. The van der Waals surface area contributed by atoms with Crippen LogP contribution in [0.1, 0.15) is 19.3 Å². The summed E-state index contributed by atoms with van der Waals surface area (Å²) in [5, 5.41) is 0.780. The number of nitrogens with two attached hydrogens (primary N) is 1. The Morgan fingerprint density at radius 3 is 2.78 bits per heavy atom. The second kappa shape index (κ2) is 11.8. The fraction of sp³-hybridized carbons (Fsp3) is 0.500. The molecule has 4 heterocycles. The zero-order valence-electron chi connectivity index (χ0n) is 20.5. The van der Waals surface area contributed by atoms with Crippen LogP contribution in [0.25, 0.3) is 11.2 Å². The molecule has 2 aromatic heterocycles. The summed E-state index contributed by atoms with van der Waals surface area (Å²) >= 11 is 5.15. The van der Waals surface area contributed by atoms with E-state index in [1.54, 1.807) is 7.11 Å². The molecule has 2 N–H and O–H groups in total. The first-order chi connectivity index (χ1) is 18.0. The fourth-order valence-corrected chi connectivity index (χ4v) is 5.97. The van der Waals surface area contributed by atoms with Gasteiger partial charge in [-0.2, -0.15) is 0 Å². The molecule has 1 fully saturated rings. The van der Waals surface area contributed by atoms with Crippen LogP contribution in [0, 0.1) is 5.92 Å². The maximum atomic E-state index is 12.4. The van der Waals surface area contributed by atoms with Gasteiger partial charge in [0.2, 0.25) is 12.7 Å². The van der Waals surface area contributed by atoms with Crippen molar-refractivity contribution in [3.8, 4) is 11.5 Å². The summed E-state index contributed by atoms with van der Waals surface area (Å²) in [6.07, 6.45) is 4.31. The van der Waals surface area contributed by atoms with Crippen LogP contribution in [0.5, 0.6) is 11.5 Å². The number of hydrogen-bond donors (Lipinski definition) is 1. The van der Waals surface area contributed by atoms with Gasteiger partial charge in [-0.05, 0) is 53.2 Å². The molecule has 0 bridgehead atoms. The van der Waals surface area contributed by atoms with Crippen molar-refractivity contribution < 1.29 is 23.7 Å². The van der Waals surface area contributed by atoms with Crippen molar-refractivity contribution in [2.45, 2.75) is 35.9 Å². The number of aromatic nitrogens is 4. The first-order valence-corrected chi connectivity index (χ1v) is 13.7. The monoisotopic (exact) mass is 592 g/mol. The number of benzene rings is 1. The molecule has 1 amide bonds. The van der Waals surface area contributed by atoms with Gasteiger partial charge in [0.25, 0.3) is 0 Å². The van der Waals surface area contributed by atoms with Crippen molar-refractivity contribution in [3.05, 3.63) is 22.9 Å². The molecule has 0 spiro atoms. The van der Waals surface area contributed by atoms with E-state index in [-0.39, 0.29) is 19.3 Å². The van der Waals surface area contributed by atoms with E-state index in [2.05, 4.69) is 30.5 Å². The van der Waals surface area contributed by atoms with Crippen molar-refractivity contribution in [1.82, 2.24) is 24.4 Å². The van der Waals surface area contributed by atoms with Gasteiger partial charge in [0.05, 0.1) is 13.2 Å². The molecule has 13 heteroatoms. The molecule has 3 aromatic rings. The van der Waals surface area contributed by atoms with E-state index in [9.17, 15) is 4.79 Å². The molecule has 11 nitrogen and oxygen atoms in total. The van der Waals surface area contributed by atoms with Gasteiger partial charge in [-0.25, -0.2) is 15.0 Å². The van der Waals surface area contributed by atoms with E-state index in [4.69, 9.17) is 29.7 Å². The predicted octanol–water partition coefficient (Wildman–Crippen LogP) is 3.34. The number of methoxy groups -OCH3 is 1. The number of rotatable bonds is 10. The van der Waals surface area contributed by atoms with Crippen molar-refractivity contribution >= 4 is 50.6 Å². The molecule has 0 saturated carbocycles.